The van der Waals surface area contributed by atoms with E-state index in [2.05, 4.69) is 34.4 Å². The summed E-state index contributed by atoms with van der Waals surface area (Å²) in [7, 11) is 0. The first-order valence-corrected chi connectivity index (χ1v) is 12.3. The van der Waals surface area contributed by atoms with E-state index in [4.69, 9.17) is 9.57 Å². The number of likely N-dealkylation sites (tertiary alicyclic amines) is 1. The molecule has 4 heterocycles. The van der Waals surface area contributed by atoms with Crippen molar-refractivity contribution < 1.29 is 24.3 Å². The van der Waals surface area contributed by atoms with Gasteiger partial charge in [0.15, 0.2) is 6.29 Å². The fourth-order valence-electron chi connectivity index (χ4n) is 4.17. The zero-order valence-corrected chi connectivity index (χ0v) is 20.0. The zero-order chi connectivity index (χ0) is 23.9. The number of nitrogens with one attached hydrogen (secondary N) is 1. The van der Waals surface area contributed by atoms with E-state index in [0.717, 1.165) is 38.8 Å². The van der Waals surface area contributed by atoms with Gasteiger partial charge in [-0.25, -0.2) is 20.1 Å². The summed E-state index contributed by atoms with van der Waals surface area (Å²) in [6.07, 6.45) is 6.59. The number of carboxylic acid groups (broad SMARTS) is 1. The Morgan fingerprint density at radius 2 is 2.21 bits per heavy atom. The van der Waals surface area contributed by atoms with Crippen LogP contribution in [-0.2, 0) is 20.9 Å². The first-order chi connectivity index (χ1) is 16.5. The number of anilines is 1. The van der Waals surface area contributed by atoms with Crippen molar-refractivity contribution in [2.45, 2.75) is 51.5 Å². The average molecular weight is 487 g/mol. The Morgan fingerprint density at radius 1 is 1.32 bits per heavy atom. The smallest absolute Gasteiger partial charge is 0.413 e. The van der Waals surface area contributed by atoms with Crippen LogP contribution in [0.2, 0.25) is 0 Å². The highest BCUT2D eigenvalue weighted by Crippen LogP contribution is 2.25. The third-order valence-electron chi connectivity index (χ3n) is 5.87. The highest BCUT2D eigenvalue weighted by atomic mass is 32.1. The topological polar surface area (TPSA) is 104 Å². The summed E-state index contributed by atoms with van der Waals surface area (Å²) in [5, 5.41) is 9.86. The molecule has 34 heavy (non-hydrogen) atoms. The number of hydroxylamine groups is 1. The summed E-state index contributed by atoms with van der Waals surface area (Å²) in [5.41, 5.74) is 3.05. The van der Waals surface area contributed by atoms with Crippen LogP contribution >= 0.6 is 11.3 Å². The molecule has 10 heteroatoms. The van der Waals surface area contributed by atoms with E-state index in [1.165, 1.54) is 20.7 Å². The molecule has 0 radical (unpaired) electrons. The first kappa shape index (κ1) is 24.3. The molecule has 2 atom stereocenters. The summed E-state index contributed by atoms with van der Waals surface area (Å²) in [5.74, 6) is -0.0249. The van der Waals surface area contributed by atoms with E-state index in [0.29, 0.717) is 24.5 Å². The van der Waals surface area contributed by atoms with Crippen molar-refractivity contribution >= 4 is 35.2 Å². The van der Waals surface area contributed by atoms with Gasteiger partial charge in [-0.3, -0.25) is 14.6 Å². The number of hydrogen-bond donors (Lipinski definition) is 2. The summed E-state index contributed by atoms with van der Waals surface area (Å²) in [4.78, 5) is 39.8. The van der Waals surface area contributed by atoms with Gasteiger partial charge in [0.2, 0.25) is 0 Å². The number of pyridine rings is 1. The Labute approximate surface area is 202 Å². The van der Waals surface area contributed by atoms with Crippen LogP contribution in [0.3, 0.4) is 0 Å². The normalized spacial score (nSPS) is 21.1. The predicted octanol–water partition coefficient (Wildman–Crippen LogP) is 3.80. The molecule has 0 aromatic carbocycles. The SMILES string of the molecule is Cc1ccc(CN2CC[C@@H](N(C(=O)O)c3ccc(C=CC(=O)NOC4CCCCO4)cn3)C2)s1. The molecule has 2 saturated heterocycles. The number of hydrogen-bond acceptors (Lipinski definition) is 7. The van der Waals surface area contributed by atoms with E-state index < -0.39 is 18.3 Å². The maximum absolute atomic E-state index is 12.0. The van der Waals surface area contributed by atoms with Crippen LogP contribution < -0.4 is 10.4 Å². The monoisotopic (exact) mass is 486 g/mol. The molecular formula is C24H30N4O5S. The quantitative estimate of drug-likeness (QED) is 0.432. The average Bonchev–Trinajstić information content (AvgIpc) is 3.46. The van der Waals surface area contributed by atoms with E-state index in [1.54, 1.807) is 35.7 Å². The molecule has 2 aromatic heterocycles. The van der Waals surface area contributed by atoms with Gasteiger partial charge in [0.1, 0.15) is 5.82 Å². The third-order valence-corrected chi connectivity index (χ3v) is 6.85. The minimum absolute atomic E-state index is 0.155. The summed E-state index contributed by atoms with van der Waals surface area (Å²) >= 11 is 1.77. The molecule has 2 N–H and O–H groups in total. The van der Waals surface area contributed by atoms with Gasteiger partial charge in [0.25, 0.3) is 5.91 Å². The van der Waals surface area contributed by atoms with Gasteiger partial charge in [-0.15, -0.1) is 11.3 Å². The molecule has 4 rings (SSSR count). The van der Waals surface area contributed by atoms with Gasteiger partial charge in [0.05, 0.1) is 6.04 Å². The van der Waals surface area contributed by atoms with Crippen LogP contribution in [0.4, 0.5) is 10.6 Å². The zero-order valence-electron chi connectivity index (χ0n) is 19.2. The molecule has 1 unspecified atom stereocenters. The van der Waals surface area contributed by atoms with Gasteiger partial charge in [-0.05, 0) is 62.1 Å². The summed E-state index contributed by atoms with van der Waals surface area (Å²) in [6.45, 7) is 5.06. The van der Waals surface area contributed by atoms with Crippen molar-refractivity contribution in [2.24, 2.45) is 0 Å². The lowest BCUT2D eigenvalue weighted by atomic mass is 10.2. The molecule has 2 aliphatic heterocycles. The predicted molar refractivity (Wildman–Crippen MR) is 129 cm³/mol. The summed E-state index contributed by atoms with van der Waals surface area (Å²) in [6, 6.07) is 7.50. The largest absolute Gasteiger partial charge is 0.465 e. The standard InChI is InChI=1S/C24H30N4O5S/c1-17-5-8-20(34-17)16-27-12-11-19(15-27)28(24(30)31)21-9-6-18(14-25-21)7-10-22(29)26-33-23-4-2-3-13-32-23/h5-10,14,19,23H,2-4,11-13,15-16H2,1H3,(H,26,29)(H,30,31)/t19-,23?/m1/s1. The number of rotatable bonds is 8. The Morgan fingerprint density at radius 3 is 2.88 bits per heavy atom. The van der Waals surface area contributed by atoms with Crippen LogP contribution in [-0.4, -0.2) is 59.0 Å². The molecule has 2 aliphatic rings. The lowest BCUT2D eigenvalue weighted by Crippen LogP contribution is -2.41. The lowest BCUT2D eigenvalue weighted by Gasteiger charge is -2.25. The van der Waals surface area contributed by atoms with Crippen molar-refractivity contribution in [1.82, 2.24) is 15.4 Å². The molecule has 9 nitrogen and oxygen atoms in total. The molecule has 2 aromatic rings. The van der Waals surface area contributed by atoms with Crippen LogP contribution in [0, 0.1) is 6.92 Å². The maximum Gasteiger partial charge on any atom is 0.413 e. The van der Waals surface area contributed by atoms with Crippen LogP contribution in [0.1, 0.15) is 41.0 Å². The number of carbonyl (C=O) groups excluding carboxylic acids is 1. The second-order valence-corrected chi connectivity index (χ2v) is 9.88. The van der Waals surface area contributed by atoms with Crippen LogP contribution in [0.5, 0.6) is 0 Å². The second-order valence-electron chi connectivity index (χ2n) is 8.51. The van der Waals surface area contributed by atoms with Crippen molar-refractivity contribution in [2.75, 3.05) is 24.6 Å². The fraction of sp³-hybridized carbons (Fsp3) is 0.458. The van der Waals surface area contributed by atoms with Crippen molar-refractivity contribution in [3.8, 4) is 0 Å². The number of ether oxygens (including phenoxy) is 1. The fourth-order valence-corrected chi connectivity index (χ4v) is 5.10. The van der Waals surface area contributed by atoms with Gasteiger partial charge < -0.3 is 9.84 Å². The molecule has 0 aliphatic carbocycles. The molecule has 2 fully saturated rings. The van der Waals surface area contributed by atoms with Crippen molar-refractivity contribution in [3.63, 3.8) is 0 Å². The minimum Gasteiger partial charge on any atom is -0.465 e. The minimum atomic E-state index is -1.02. The Balaban J connectivity index is 1.31. The van der Waals surface area contributed by atoms with Crippen LogP contribution in [0.25, 0.3) is 6.08 Å². The Kier molecular flexibility index (Phi) is 8.28. The number of amides is 2. The van der Waals surface area contributed by atoms with Gasteiger partial charge >= 0.3 is 6.09 Å². The molecule has 0 bridgehead atoms. The van der Waals surface area contributed by atoms with Gasteiger partial charge in [0, 0.05) is 54.7 Å². The highest BCUT2D eigenvalue weighted by Gasteiger charge is 2.32. The van der Waals surface area contributed by atoms with Crippen molar-refractivity contribution in [1.29, 1.82) is 0 Å². The second kappa shape index (κ2) is 11.6. The van der Waals surface area contributed by atoms with E-state index in [9.17, 15) is 14.7 Å². The Hall–Kier alpha value is -2.79. The Bertz CT molecular complexity index is 1000. The maximum atomic E-state index is 12.0. The molecule has 0 spiro atoms. The van der Waals surface area contributed by atoms with E-state index in [1.807, 2.05) is 0 Å². The number of carbonyl (C=O) groups is 2. The third kappa shape index (κ3) is 6.63. The molecular weight excluding hydrogens is 456 g/mol. The first-order valence-electron chi connectivity index (χ1n) is 11.5. The number of aromatic nitrogens is 1. The van der Waals surface area contributed by atoms with Gasteiger partial charge in [-0.2, -0.15) is 0 Å². The van der Waals surface area contributed by atoms with Crippen LogP contribution in [0.15, 0.2) is 36.5 Å². The van der Waals surface area contributed by atoms with E-state index >= 15 is 0 Å². The molecule has 2 amide bonds. The van der Waals surface area contributed by atoms with Gasteiger partial charge in [-0.1, -0.05) is 0 Å². The molecule has 182 valence electrons. The lowest BCUT2D eigenvalue weighted by molar-refractivity contribution is -0.198. The molecule has 0 saturated carbocycles. The summed E-state index contributed by atoms with van der Waals surface area (Å²) < 4.78 is 5.40. The number of thiophene rings is 1. The highest BCUT2D eigenvalue weighted by molar-refractivity contribution is 7.11. The van der Waals surface area contributed by atoms with E-state index in [-0.39, 0.29) is 6.04 Å². The van der Waals surface area contributed by atoms with Crippen molar-refractivity contribution in [3.05, 3.63) is 51.9 Å². The number of nitrogens with zero attached hydrogens (tertiary/aromatic N) is 3. The number of aryl methyl sites for hydroxylation is 1.